The monoisotopic (exact) mass is 240 g/mol. The average Bonchev–Trinajstić information content (AvgIpc) is 2.65. The smallest absolute Gasteiger partial charge is 0.221 e. The van der Waals surface area contributed by atoms with Crippen LogP contribution in [0.5, 0.6) is 0 Å². The van der Waals surface area contributed by atoms with E-state index in [4.69, 9.17) is 0 Å². The van der Waals surface area contributed by atoms with Crippen molar-refractivity contribution in [3.05, 3.63) is 22.4 Å². The summed E-state index contributed by atoms with van der Waals surface area (Å²) in [7, 11) is 0. The number of nitrogens with one attached hydrogen (secondary N) is 2. The van der Waals surface area contributed by atoms with Crippen molar-refractivity contribution in [2.45, 2.75) is 39.3 Å². The van der Waals surface area contributed by atoms with Crippen LogP contribution in [-0.2, 0) is 11.3 Å². The SMILES string of the molecule is CC(C)(C)NCCC(=O)NCc1cccs1. The minimum absolute atomic E-state index is 0.0774. The van der Waals surface area contributed by atoms with Crippen LogP contribution in [0.1, 0.15) is 32.1 Å². The van der Waals surface area contributed by atoms with Crippen LogP contribution in [-0.4, -0.2) is 18.0 Å². The maximum atomic E-state index is 11.5. The zero-order valence-electron chi connectivity index (χ0n) is 10.2. The molecule has 90 valence electrons. The topological polar surface area (TPSA) is 41.1 Å². The lowest BCUT2D eigenvalue weighted by molar-refractivity contribution is -0.121. The molecular formula is C12H20N2OS. The van der Waals surface area contributed by atoms with Gasteiger partial charge in [0.25, 0.3) is 0 Å². The average molecular weight is 240 g/mol. The van der Waals surface area contributed by atoms with Crippen molar-refractivity contribution < 1.29 is 4.79 Å². The Hall–Kier alpha value is -0.870. The number of hydrogen-bond donors (Lipinski definition) is 2. The molecule has 1 amide bonds. The van der Waals surface area contributed by atoms with Crippen LogP contribution >= 0.6 is 11.3 Å². The molecule has 0 radical (unpaired) electrons. The molecule has 1 aromatic heterocycles. The van der Waals surface area contributed by atoms with Crippen LogP contribution in [0.15, 0.2) is 17.5 Å². The van der Waals surface area contributed by atoms with E-state index < -0.39 is 0 Å². The van der Waals surface area contributed by atoms with E-state index in [2.05, 4.69) is 31.4 Å². The predicted molar refractivity (Wildman–Crippen MR) is 68.5 cm³/mol. The highest BCUT2D eigenvalue weighted by Gasteiger charge is 2.09. The van der Waals surface area contributed by atoms with E-state index in [9.17, 15) is 4.79 Å². The number of carbonyl (C=O) groups is 1. The predicted octanol–water partition coefficient (Wildman–Crippen LogP) is 2.14. The first kappa shape index (κ1) is 13.2. The maximum absolute atomic E-state index is 11.5. The summed E-state index contributed by atoms with van der Waals surface area (Å²) in [6.07, 6.45) is 0.530. The van der Waals surface area contributed by atoms with E-state index in [1.165, 1.54) is 4.88 Å². The van der Waals surface area contributed by atoms with Crippen LogP contribution in [0, 0.1) is 0 Å². The molecule has 1 heterocycles. The Balaban J connectivity index is 2.12. The number of thiophene rings is 1. The molecule has 1 rings (SSSR count). The third kappa shape index (κ3) is 5.88. The number of amides is 1. The normalized spacial score (nSPS) is 11.4. The van der Waals surface area contributed by atoms with Gasteiger partial charge in [-0.1, -0.05) is 6.07 Å². The summed E-state index contributed by atoms with van der Waals surface area (Å²) in [6, 6.07) is 4.02. The van der Waals surface area contributed by atoms with Gasteiger partial charge in [0.1, 0.15) is 0 Å². The molecule has 2 N–H and O–H groups in total. The highest BCUT2D eigenvalue weighted by molar-refractivity contribution is 7.09. The van der Waals surface area contributed by atoms with Gasteiger partial charge in [0.05, 0.1) is 6.54 Å². The molecule has 0 saturated carbocycles. The highest BCUT2D eigenvalue weighted by Crippen LogP contribution is 2.07. The number of hydrogen-bond acceptors (Lipinski definition) is 3. The molecule has 0 saturated heterocycles. The molecule has 0 aliphatic carbocycles. The fraction of sp³-hybridized carbons (Fsp3) is 0.583. The lowest BCUT2D eigenvalue weighted by Crippen LogP contribution is -2.38. The molecule has 3 nitrogen and oxygen atoms in total. The molecule has 1 aromatic rings. The molecule has 0 unspecified atom stereocenters. The summed E-state index contributed by atoms with van der Waals surface area (Å²) in [5.74, 6) is 0.102. The third-order valence-corrected chi connectivity index (χ3v) is 2.92. The minimum atomic E-state index is 0.0774. The quantitative estimate of drug-likeness (QED) is 0.828. The molecule has 0 aliphatic heterocycles. The van der Waals surface area contributed by atoms with Gasteiger partial charge in [-0.3, -0.25) is 4.79 Å². The van der Waals surface area contributed by atoms with E-state index in [0.717, 1.165) is 6.54 Å². The second-order valence-corrected chi connectivity index (χ2v) is 5.82. The van der Waals surface area contributed by atoms with Gasteiger partial charge in [0.15, 0.2) is 0 Å². The van der Waals surface area contributed by atoms with Crippen molar-refractivity contribution in [3.63, 3.8) is 0 Å². The first-order chi connectivity index (χ1) is 7.47. The zero-order chi connectivity index (χ0) is 12.0. The Kier molecular flexibility index (Phi) is 4.96. The zero-order valence-corrected chi connectivity index (χ0v) is 11.0. The Morgan fingerprint density at radius 1 is 1.44 bits per heavy atom. The second kappa shape index (κ2) is 6.01. The van der Waals surface area contributed by atoms with Crippen molar-refractivity contribution in [3.8, 4) is 0 Å². The van der Waals surface area contributed by atoms with E-state index in [1.807, 2.05) is 17.5 Å². The lowest BCUT2D eigenvalue weighted by Gasteiger charge is -2.20. The molecule has 0 spiro atoms. The van der Waals surface area contributed by atoms with Gasteiger partial charge in [-0.25, -0.2) is 0 Å². The van der Waals surface area contributed by atoms with Gasteiger partial charge in [0, 0.05) is 23.4 Å². The Labute approximate surface area is 101 Å². The maximum Gasteiger partial charge on any atom is 0.221 e. The van der Waals surface area contributed by atoms with Gasteiger partial charge in [-0.15, -0.1) is 11.3 Å². The van der Waals surface area contributed by atoms with Crippen molar-refractivity contribution >= 4 is 17.2 Å². The molecule has 4 heteroatoms. The van der Waals surface area contributed by atoms with Crippen molar-refractivity contribution in [2.24, 2.45) is 0 Å². The van der Waals surface area contributed by atoms with Crippen LogP contribution in [0.2, 0.25) is 0 Å². The first-order valence-corrected chi connectivity index (χ1v) is 6.39. The summed E-state index contributed by atoms with van der Waals surface area (Å²) in [5.41, 5.74) is 0.0774. The molecule has 16 heavy (non-hydrogen) atoms. The number of carbonyl (C=O) groups excluding carboxylic acids is 1. The molecule has 0 aliphatic rings. The van der Waals surface area contributed by atoms with Gasteiger partial charge in [-0.05, 0) is 32.2 Å². The molecule has 0 atom stereocenters. The standard InChI is InChI=1S/C12H20N2OS/c1-12(2,3)14-7-6-11(15)13-9-10-5-4-8-16-10/h4-5,8,14H,6-7,9H2,1-3H3,(H,13,15). The lowest BCUT2D eigenvalue weighted by atomic mass is 10.1. The van der Waals surface area contributed by atoms with Gasteiger partial charge in [0.2, 0.25) is 5.91 Å². The van der Waals surface area contributed by atoms with Gasteiger partial charge < -0.3 is 10.6 Å². The van der Waals surface area contributed by atoms with Crippen LogP contribution in [0.25, 0.3) is 0 Å². The first-order valence-electron chi connectivity index (χ1n) is 5.51. The van der Waals surface area contributed by atoms with Gasteiger partial charge >= 0.3 is 0 Å². The minimum Gasteiger partial charge on any atom is -0.351 e. The Morgan fingerprint density at radius 3 is 2.75 bits per heavy atom. The van der Waals surface area contributed by atoms with Crippen molar-refractivity contribution in [2.75, 3.05) is 6.54 Å². The van der Waals surface area contributed by atoms with E-state index >= 15 is 0 Å². The number of rotatable bonds is 5. The Bertz CT molecular complexity index is 314. The summed E-state index contributed by atoms with van der Waals surface area (Å²) in [4.78, 5) is 12.7. The summed E-state index contributed by atoms with van der Waals surface area (Å²) in [5, 5.41) is 8.21. The Morgan fingerprint density at radius 2 is 2.19 bits per heavy atom. The molecule has 0 aromatic carbocycles. The van der Waals surface area contributed by atoms with E-state index in [0.29, 0.717) is 13.0 Å². The fourth-order valence-electron chi connectivity index (χ4n) is 1.24. The largest absolute Gasteiger partial charge is 0.351 e. The summed E-state index contributed by atoms with van der Waals surface area (Å²) >= 11 is 1.66. The summed E-state index contributed by atoms with van der Waals surface area (Å²) in [6.45, 7) is 7.65. The third-order valence-electron chi connectivity index (χ3n) is 2.05. The van der Waals surface area contributed by atoms with E-state index in [1.54, 1.807) is 11.3 Å². The van der Waals surface area contributed by atoms with Crippen LogP contribution in [0.4, 0.5) is 0 Å². The summed E-state index contributed by atoms with van der Waals surface area (Å²) < 4.78 is 0. The highest BCUT2D eigenvalue weighted by atomic mass is 32.1. The fourth-order valence-corrected chi connectivity index (χ4v) is 1.88. The molecule has 0 bridgehead atoms. The van der Waals surface area contributed by atoms with Crippen LogP contribution in [0.3, 0.4) is 0 Å². The second-order valence-electron chi connectivity index (χ2n) is 4.78. The van der Waals surface area contributed by atoms with Gasteiger partial charge in [-0.2, -0.15) is 0 Å². The van der Waals surface area contributed by atoms with Crippen molar-refractivity contribution in [1.29, 1.82) is 0 Å². The molecule has 0 fully saturated rings. The van der Waals surface area contributed by atoms with E-state index in [-0.39, 0.29) is 11.4 Å². The van der Waals surface area contributed by atoms with Crippen LogP contribution < -0.4 is 10.6 Å². The van der Waals surface area contributed by atoms with Crippen molar-refractivity contribution in [1.82, 2.24) is 10.6 Å². The molecular weight excluding hydrogens is 220 g/mol.